The summed E-state index contributed by atoms with van der Waals surface area (Å²) >= 11 is 0. The molecule has 0 amide bonds. The Hall–Kier alpha value is -1.85. The highest BCUT2D eigenvalue weighted by molar-refractivity contribution is 5.85. The zero-order valence-electron chi connectivity index (χ0n) is 11.5. The van der Waals surface area contributed by atoms with Gasteiger partial charge in [0.15, 0.2) is 0 Å². The number of nitrogens with zero attached hydrogens (tertiary/aromatic N) is 1. The molecule has 0 saturated carbocycles. The van der Waals surface area contributed by atoms with Gasteiger partial charge in [0.2, 0.25) is 0 Å². The topological polar surface area (TPSA) is 54.6 Å². The zero-order valence-corrected chi connectivity index (χ0v) is 11.5. The molecular formula is C15H18N2O3. The minimum absolute atomic E-state index is 0.301. The molecule has 1 aliphatic heterocycles. The van der Waals surface area contributed by atoms with Gasteiger partial charge in [-0.2, -0.15) is 0 Å². The van der Waals surface area contributed by atoms with Gasteiger partial charge in [-0.3, -0.25) is 9.69 Å². The molecule has 2 aromatic rings. The van der Waals surface area contributed by atoms with E-state index in [4.69, 9.17) is 9.47 Å². The Kier molecular flexibility index (Phi) is 3.71. The van der Waals surface area contributed by atoms with Crippen LogP contribution in [0.3, 0.4) is 0 Å². The van der Waals surface area contributed by atoms with Crippen molar-refractivity contribution in [2.24, 2.45) is 0 Å². The number of carbonyl (C=O) groups excluding carboxylic acids is 1. The van der Waals surface area contributed by atoms with E-state index in [-0.39, 0.29) is 5.97 Å². The van der Waals surface area contributed by atoms with Crippen molar-refractivity contribution in [1.82, 2.24) is 9.88 Å². The van der Waals surface area contributed by atoms with E-state index >= 15 is 0 Å². The average molecular weight is 274 g/mol. The Morgan fingerprint density at radius 2 is 2.20 bits per heavy atom. The molecule has 1 aromatic carbocycles. The van der Waals surface area contributed by atoms with Crippen LogP contribution in [0.2, 0.25) is 0 Å². The molecule has 0 atom stereocenters. The first-order chi connectivity index (χ1) is 9.72. The summed E-state index contributed by atoms with van der Waals surface area (Å²) in [7, 11) is 0. The summed E-state index contributed by atoms with van der Waals surface area (Å²) in [5, 5.41) is 1.17. The summed E-state index contributed by atoms with van der Waals surface area (Å²) < 4.78 is 10.5. The summed E-state index contributed by atoms with van der Waals surface area (Å²) in [6.45, 7) is 5.87. The first-order valence-corrected chi connectivity index (χ1v) is 6.81. The molecule has 0 unspecified atom stereocenters. The molecule has 1 aromatic heterocycles. The third kappa shape index (κ3) is 2.84. The second-order valence-electron chi connectivity index (χ2n) is 5.00. The van der Waals surface area contributed by atoms with Crippen molar-refractivity contribution in [1.29, 1.82) is 0 Å². The predicted molar refractivity (Wildman–Crippen MR) is 75.7 cm³/mol. The smallest absolute Gasteiger partial charge is 0.308 e. The molecule has 3 rings (SSSR count). The number of aromatic amines is 1. The second kappa shape index (κ2) is 5.64. The van der Waals surface area contributed by atoms with Crippen LogP contribution >= 0.6 is 0 Å². The summed E-state index contributed by atoms with van der Waals surface area (Å²) in [6.07, 6.45) is 2.03. The van der Waals surface area contributed by atoms with Crippen LogP contribution in [0, 0.1) is 0 Å². The maximum atomic E-state index is 11.0. The number of H-pyrrole nitrogens is 1. The number of esters is 1. The quantitative estimate of drug-likeness (QED) is 0.686. The first kappa shape index (κ1) is 13.1. The third-order valence-electron chi connectivity index (χ3n) is 3.50. The normalized spacial score (nSPS) is 16.4. The highest BCUT2D eigenvalue weighted by atomic mass is 16.5. The van der Waals surface area contributed by atoms with Crippen molar-refractivity contribution in [2.45, 2.75) is 13.5 Å². The predicted octanol–water partition coefficient (Wildman–Crippen LogP) is 1.93. The van der Waals surface area contributed by atoms with Gasteiger partial charge in [-0.1, -0.05) is 0 Å². The third-order valence-corrected chi connectivity index (χ3v) is 3.50. The van der Waals surface area contributed by atoms with Gasteiger partial charge in [0, 0.05) is 49.7 Å². The van der Waals surface area contributed by atoms with Crippen LogP contribution < -0.4 is 4.74 Å². The Balaban J connectivity index is 1.80. The van der Waals surface area contributed by atoms with Crippen molar-refractivity contribution in [3.8, 4) is 5.75 Å². The van der Waals surface area contributed by atoms with Gasteiger partial charge in [-0.15, -0.1) is 0 Å². The van der Waals surface area contributed by atoms with E-state index in [1.165, 1.54) is 17.9 Å². The summed E-state index contributed by atoms with van der Waals surface area (Å²) in [5.41, 5.74) is 2.25. The molecule has 0 bridgehead atoms. The van der Waals surface area contributed by atoms with Crippen molar-refractivity contribution < 1.29 is 14.3 Å². The maximum Gasteiger partial charge on any atom is 0.308 e. The standard InChI is InChI=1S/C15H18N2O3/c1-11(18)20-13-2-3-14-12(9-16-15(14)8-13)10-17-4-6-19-7-5-17/h2-3,8-9,16H,4-7,10H2,1H3. The van der Waals surface area contributed by atoms with E-state index in [0.29, 0.717) is 5.75 Å². The lowest BCUT2D eigenvalue weighted by Gasteiger charge is -2.26. The van der Waals surface area contributed by atoms with Gasteiger partial charge < -0.3 is 14.5 Å². The van der Waals surface area contributed by atoms with E-state index in [1.54, 1.807) is 0 Å². The number of aromatic nitrogens is 1. The summed E-state index contributed by atoms with van der Waals surface area (Å²) in [6, 6.07) is 5.69. The van der Waals surface area contributed by atoms with Crippen molar-refractivity contribution >= 4 is 16.9 Å². The highest BCUT2D eigenvalue weighted by Gasteiger charge is 2.13. The second-order valence-corrected chi connectivity index (χ2v) is 5.00. The van der Waals surface area contributed by atoms with Crippen molar-refractivity contribution in [3.63, 3.8) is 0 Å². The number of benzene rings is 1. The van der Waals surface area contributed by atoms with Crippen molar-refractivity contribution in [3.05, 3.63) is 30.0 Å². The molecule has 0 radical (unpaired) electrons. The molecule has 2 heterocycles. The number of rotatable bonds is 3. The Labute approximate surface area is 117 Å². The molecule has 1 saturated heterocycles. The zero-order chi connectivity index (χ0) is 13.9. The number of nitrogens with one attached hydrogen (secondary N) is 1. The number of morpholine rings is 1. The molecule has 5 heteroatoms. The van der Waals surface area contributed by atoms with Crippen LogP contribution in [0.15, 0.2) is 24.4 Å². The highest BCUT2D eigenvalue weighted by Crippen LogP contribution is 2.24. The van der Waals surface area contributed by atoms with Gasteiger partial charge in [0.1, 0.15) is 5.75 Å². The van der Waals surface area contributed by atoms with Gasteiger partial charge in [-0.05, 0) is 17.7 Å². The van der Waals surface area contributed by atoms with Gasteiger partial charge >= 0.3 is 5.97 Å². The molecule has 1 fully saturated rings. The van der Waals surface area contributed by atoms with Crippen LogP contribution in [-0.4, -0.2) is 42.2 Å². The SMILES string of the molecule is CC(=O)Oc1ccc2c(CN3CCOCC3)c[nH]c2c1. The Bertz CT molecular complexity index is 615. The number of hydrogen-bond acceptors (Lipinski definition) is 4. The molecular weight excluding hydrogens is 256 g/mol. The fraction of sp³-hybridized carbons (Fsp3) is 0.400. The molecule has 106 valence electrons. The average Bonchev–Trinajstić information content (AvgIpc) is 2.82. The first-order valence-electron chi connectivity index (χ1n) is 6.81. The number of hydrogen-bond donors (Lipinski definition) is 1. The Morgan fingerprint density at radius 3 is 2.95 bits per heavy atom. The van der Waals surface area contributed by atoms with Crippen molar-refractivity contribution in [2.75, 3.05) is 26.3 Å². The summed E-state index contributed by atoms with van der Waals surface area (Å²) in [5.74, 6) is 0.272. The van der Waals surface area contributed by atoms with E-state index in [9.17, 15) is 4.79 Å². The monoisotopic (exact) mass is 274 g/mol. The molecule has 0 spiro atoms. The van der Waals surface area contributed by atoms with Crippen LogP contribution in [0.4, 0.5) is 0 Å². The van der Waals surface area contributed by atoms with E-state index in [0.717, 1.165) is 38.4 Å². The molecule has 1 N–H and O–H groups in total. The lowest BCUT2D eigenvalue weighted by atomic mass is 10.1. The van der Waals surface area contributed by atoms with Gasteiger partial charge in [0.25, 0.3) is 0 Å². The minimum atomic E-state index is -0.301. The van der Waals surface area contributed by atoms with Gasteiger partial charge in [0.05, 0.1) is 13.2 Å². The lowest BCUT2D eigenvalue weighted by Crippen LogP contribution is -2.35. The van der Waals surface area contributed by atoms with Gasteiger partial charge in [-0.25, -0.2) is 0 Å². The van der Waals surface area contributed by atoms with E-state index in [2.05, 4.69) is 9.88 Å². The Morgan fingerprint density at radius 1 is 1.40 bits per heavy atom. The van der Waals surface area contributed by atoms with Crippen LogP contribution in [0.5, 0.6) is 5.75 Å². The van der Waals surface area contributed by atoms with E-state index in [1.807, 2.05) is 24.4 Å². The molecule has 0 aliphatic carbocycles. The number of ether oxygens (including phenoxy) is 2. The fourth-order valence-electron chi connectivity index (χ4n) is 2.53. The maximum absolute atomic E-state index is 11.0. The lowest BCUT2D eigenvalue weighted by molar-refractivity contribution is -0.131. The number of carbonyl (C=O) groups is 1. The minimum Gasteiger partial charge on any atom is -0.427 e. The van der Waals surface area contributed by atoms with Crippen LogP contribution in [0.25, 0.3) is 10.9 Å². The van der Waals surface area contributed by atoms with E-state index < -0.39 is 0 Å². The molecule has 1 aliphatic rings. The molecule has 20 heavy (non-hydrogen) atoms. The number of fused-ring (bicyclic) bond motifs is 1. The van der Waals surface area contributed by atoms with Crippen LogP contribution in [0.1, 0.15) is 12.5 Å². The largest absolute Gasteiger partial charge is 0.427 e. The fourth-order valence-corrected chi connectivity index (χ4v) is 2.53. The molecule has 5 nitrogen and oxygen atoms in total. The summed E-state index contributed by atoms with van der Waals surface area (Å²) in [4.78, 5) is 16.6. The van der Waals surface area contributed by atoms with Crippen LogP contribution in [-0.2, 0) is 16.1 Å².